The molecule has 0 amide bonds. The highest BCUT2D eigenvalue weighted by Gasteiger charge is 2.19. The van der Waals surface area contributed by atoms with Crippen molar-refractivity contribution < 1.29 is 4.42 Å². The molecule has 0 spiro atoms. The molecule has 82 valence electrons. The van der Waals surface area contributed by atoms with Gasteiger partial charge in [0.1, 0.15) is 5.52 Å². The second-order valence-corrected chi connectivity index (χ2v) is 4.46. The molecule has 0 atom stereocenters. The zero-order valence-corrected chi connectivity index (χ0v) is 9.31. The molecule has 4 rings (SSSR count). The minimum absolute atomic E-state index is 0.875. The van der Waals surface area contributed by atoms with E-state index in [0.29, 0.717) is 0 Å². The van der Waals surface area contributed by atoms with Gasteiger partial charge in [-0.25, -0.2) is 4.98 Å². The molecule has 0 radical (unpaired) electrons. The lowest BCUT2D eigenvalue weighted by Crippen LogP contribution is -2.03. The first-order chi connectivity index (χ1) is 8.43. The van der Waals surface area contributed by atoms with Gasteiger partial charge in [0, 0.05) is 5.56 Å². The number of oxazole rings is 1. The molecule has 0 bridgehead atoms. The lowest BCUT2D eigenvalue weighted by atomic mass is 9.85. The summed E-state index contributed by atoms with van der Waals surface area (Å²) in [5.74, 6) is 0. The van der Waals surface area contributed by atoms with Crippen LogP contribution in [0, 0.1) is 0 Å². The second kappa shape index (κ2) is 3.20. The van der Waals surface area contributed by atoms with Gasteiger partial charge in [-0.1, -0.05) is 30.3 Å². The van der Waals surface area contributed by atoms with Crippen LogP contribution in [-0.2, 0) is 12.8 Å². The highest BCUT2D eigenvalue weighted by Crippen LogP contribution is 2.37. The van der Waals surface area contributed by atoms with Crippen molar-refractivity contribution in [2.45, 2.75) is 12.8 Å². The summed E-state index contributed by atoms with van der Waals surface area (Å²) < 4.78 is 5.39. The first-order valence-corrected chi connectivity index (χ1v) is 5.87. The third-order valence-electron chi connectivity index (χ3n) is 3.54. The van der Waals surface area contributed by atoms with Gasteiger partial charge >= 0.3 is 0 Å². The third-order valence-corrected chi connectivity index (χ3v) is 3.54. The molecule has 0 unspecified atom stereocenters. The molecule has 2 aromatic carbocycles. The normalized spacial score (nSPS) is 13.4. The molecule has 0 saturated heterocycles. The standard InChI is InChI=1S/C15H11NO/c1-2-4-12-10(3-1)5-6-11-7-8-13-15(14(11)12)16-9-17-13/h1-4,7-9H,5-6H2. The Morgan fingerprint density at radius 2 is 1.82 bits per heavy atom. The van der Waals surface area contributed by atoms with Gasteiger partial charge in [-0.3, -0.25) is 0 Å². The first kappa shape index (κ1) is 8.99. The predicted octanol–water partition coefficient (Wildman–Crippen LogP) is 3.59. The quantitative estimate of drug-likeness (QED) is 0.579. The van der Waals surface area contributed by atoms with E-state index in [9.17, 15) is 0 Å². The van der Waals surface area contributed by atoms with E-state index in [0.717, 1.165) is 23.9 Å². The summed E-state index contributed by atoms with van der Waals surface area (Å²) in [6.45, 7) is 0. The van der Waals surface area contributed by atoms with Crippen molar-refractivity contribution in [1.29, 1.82) is 0 Å². The molecule has 0 N–H and O–H groups in total. The molecule has 2 nitrogen and oxygen atoms in total. The van der Waals surface area contributed by atoms with E-state index in [-0.39, 0.29) is 0 Å². The number of hydrogen-bond acceptors (Lipinski definition) is 2. The minimum atomic E-state index is 0.875. The maximum Gasteiger partial charge on any atom is 0.182 e. The fourth-order valence-corrected chi connectivity index (χ4v) is 2.73. The van der Waals surface area contributed by atoms with Crippen LogP contribution in [0.1, 0.15) is 11.1 Å². The Morgan fingerprint density at radius 1 is 0.941 bits per heavy atom. The molecule has 1 aliphatic rings. The van der Waals surface area contributed by atoms with Gasteiger partial charge in [0.2, 0.25) is 0 Å². The molecule has 3 aromatic rings. The Bertz CT molecular complexity index is 712. The van der Waals surface area contributed by atoms with Crippen molar-refractivity contribution in [3.63, 3.8) is 0 Å². The number of aromatic nitrogens is 1. The van der Waals surface area contributed by atoms with Gasteiger partial charge in [0.25, 0.3) is 0 Å². The van der Waals surface area contributed by atoms with Crippen LogP contribution in [0.15, 0.2) is 47.2 Å². The van der Waals surface area contributed by atoms with Gasteiger partial charge in [-0.2, -0.15) is 0 Å². The predicted molar refractivity (Wildman–Crippen MR) is 66.9 cm³/mol. The zero-order chi connectivity index (χ0) is 11.2. The van der Waals surface area contributed by atoms with E-state index >= 15 is 0 Å². The largest absolute Gasteiger partial charge is 0.443 e. The summed E-state index contributed by atoms with van der Waals surface area (Å²) in [6, 6.07) is 12.8. The maximum absolute atomic E-state index is 5.39. The number of fused-ring (bicyclic) bond motifs is 5. The molecule has 2 heteroatoms. The number of rotatable bonds is 0. The summed E-state index contributed by atoms with van der Waals surface area (Å²) in [5, 5.41) is 0. The molecule has 17 heavy (non-hydrogen) atoms. The monoisotopic (exact) mass is 221 g/mol. The van der Waals surface area contributed by atoms with Crippen molar-refractivity contribution in [3.8, 4) is 11.1 Å². The van der Waals surface area contributed by atoms with Crippen LogP contribution in [0.25, 0.3) is 22.2 Å². The SMILES string of the molecule is c1ccc2c(c1)CCc1ccc3ocnc3c1-2. The van der Waals surface area contributed by atoms with E-state index in [1.165, 1.54) is 28.6 Å². The topological polar surface area (TPSA) is 26.0 Å². The average Bonchev–Trinajstić information content (AvgIpc) is 2.86. The fourth-order valence-electron chi connectivity index (χ4n) is 2.73. The van der Waals surface area contributed by atoms with E-state index in [2.05, 4.69) is 35.3 Å². The van der Waals surface area contributed by atoms with Gasteiger partial charge < -0.3 is 4.42 Å². The summed E-state index contributed by atoms with van der Waals surface area (Å²) in [5.41, 5.74) is 7.24. The van der Waals surface area contributed by atoms with Crippen LogP contribution >= 0.6 is 0 Å². The molecular formula is C15H11NO. The smallest absolute Gasteiger partial charge is 0.182 e. The summed E-state index contributed by atoms with van der Waals surface area (Å²) in [7, 11) is 0. The van der Waals surface area contributed by atoms with Gasteiger partial charge in [-0.15, -0.1) is 0 Å². The third kappa shape index (κ3) is 1.18. The van der Waals surface area contributed by atoms with Gasteiger partial charge in [-0.05, 0) is 35.6 Å². The number of aryl methyl sites for hydroxylation is 2. The average molecular weight is 221 g/mol. The molecule has 1 heterocycles. The van der Waals surface area contributed by atoms with E-state index in [1.54, 1.807) is 0 Å². The Kier molecular flexibility index (Phi) is 1.69. The molecule has 0 fully saturated rings. The Labute approximate surface area is 98.9 Å². The lowest BCUT2D eigenvalue weighted by molar-refractivity contribution is 0.602. The molecular weight excluding hydrogens is 210 g/mol. The fraction of sp³-hybridized carbons (Fsp3) is 0.133. The molecule has 0 aliphatic heterocycles. The van der Waals surface area contributed by atoms with Crippen molar-refractivity contribution in [2.75, 3.05) is 0 Å². The van der Waals surface area contributed by atoms with Crippen molar-refractivity contribution in [1.82, 2.24) is 4.98 Å². The van der Waals surface area contributed by atoms with Crippen molar-refractivity contribution >= 4 is 11.1 Å². The lowest BCUT2D eigenvalue weighted by Gasteiger charge is -2.19. The zero-order valence-electron chi connectivity index (χ0n) is 9.31. The van der Waals surface area contributed by atoms with Gasteiger partial charge in [0.15, 0.2) is 12.0 Å². The van der Waals surface area contributed by atoms with Crippen molar-refractivity contribution in [2.24, 2.45) is 0 Å². The highest BCUT2D eigenvalue weighted by molar-refractivity contribution is 5.94. The second-order valence-electron chi connectivity index (χ2n) is 4.46. The van der Waals surface area contributed by atoms with Crippen LogP contribution in [-0.4, -0.2) is 4.98 Å². The van der Waals surface area contributed by atoms with E-state index < -0.39 is 0 Å². The Morgan fingerprint density at radius 3 is 2.82 bits per heavy atom. The molecule has 1 aliphatic carbocycles. The summed E-state index contributed by atoms with van der Waals surface area (Å²) >= 11 is 0. The Balaban J connectivity index is 2.16. The van der Waals surface area contributed by atoms with E-state index in [4.69, 9.17) is 4.42 Å². The van der Waals surface area contributed by atoms with Crippen LogP contribution in [0.3, 0.4) is 0 Å². The number of benzene rings is 2. The van der Waals surface area contributed by atoms with Crippen LogP contribution in [0.2, 0.25) is 0 Å². The van der Waals surface area contributed by atoms with Crippen LogP contribution < -0.4 is 0 Å². The van der Waals surface area contributed by atoms with Crippen molar-refractivity contribution in [3.05, 3.63) is 53.9 Å². The van der Waals surface area contributed by atoms with Crippen LogP contribution in [0.4, 0.5) is 0 Å². The first-order valence-electron chi connectivity index (χ1n) is 5.87. The molecule has 1 aromatic heterocycles. The summed E-state index contributed by atoms with van der Waals surface area (Å²) in [4.78, 5) is 4.36. The van der Waals surface area contributed by atoms with E-state index in [1.807, 2.05) is 6.07 Å². The minimum Gasteiger partial charge on any atom is -0.443 e. The maximum atomic E-state index is 5.39. The van der Waals surface area contributed by atoms with Crippen LogP contribution in [0.5, 0.6) is 0 Å². The number of hydrogen-bond donors (Lipinski definition) is 0. The number of nitrogens with zero attached hydrogens (tertiary/aromatic N) is 1. The molecule has 0 saturated carbocycles. The van der Waals surface area contributed by atoms with Gasteiger partial charge in [0.05, 0.1) is 0 Å². The highest BCUT2D eigenvalue weighted by atomic mass is 16.3. The Hall–Kier alpha value is -2.09. The summed E-state index contributed by atoms with van der Waals surface area (Å²) in [6.07, 6.45) is 3.74.